The van der Waals surface area contributed by atoms with Gasteiger partial charge in [-0.2, -0.15) is 0 Å². The van der Waals surface area contributed by atoms with Gasteiger partial charge in [0.05, 0.1) is 10.6 Å². The topological polar surface area (TPSA) is 86.8 Å². The van der Waals surface area contributed by atoms with Gasteiger partial charge in [-0.1, -0.05) is 82.8 Å². The van der Waals surface area contributed by atoms with Crippen molar-refractivity contribution < 1.29 is 18.0 Å². The maximum Gasteiger partial charge on any atom is 0.264 e. The van der Waals surface area contributed by atoms with E-state index in [-0.39, 0.29) is 29.8 Å². The Morgan fingerprint density at radius 1 is 0.951 bits per heavy atom. The summed E-state index contributed by atoms with van der Waals surface area (Å²) in [6, 6.07) is 17.1. The number of rotatable bonds is 12. The Balaban J connectivity index is 2.10. The van der Waals surface area contributed by atoms with Gasteiger partial charge in [-0.05, 0) is 69.2 Å². The molecule has 1 N–H and O–H groups in total. The van der Waals surface area contributed by atoms with Gasteiger partial charge in [0.2, 0.25) is 11.8 Å². The minimum atomic E-state index is -4.17. The van der Waals surface area contributed by atoms with E-state index in [0.29, 0.717) is 32.2 Å². The number of nitrogens with one attached hydrogen (secondary N) is 1. The Hall–Kier alpha value is -2.59. The van der Waals surface area contributed by atoms with Crippen LogP contribution >= 0.6 is 39.1 Å². The number of hydrogen-bond donors (Lipinski definition) is 1. The molecule has 2 amide bonds. The molecule has 0 bridgehead atoms. The van der Waals surface area contributed by atoms with Crippen molar-refractivity contribution >= 4 is 66.7 Å². The molecule has 3 rings (SSSR count). The lowest BCUT2D eigenvalue weighted by Crippen LogP contribution is -2.53. The van der Waals surface area contributed by atoms with Gasteiger partial charge < -0.3 is 10.2 Å². The highest BCUT2D eigenvalue weighted by molar-refractivity contribution is 9.10. The fourth-order valence-corrected chi connectivity index (χ4v) is 6.52. The Bertz CT molecular complexity index is 1470. The lowest BCUT2D eigenvalue weighted by Gasteiger charge is -2.34. The molecule has 0 saturated heterocycles. The molecule has 0 aliphatic rings. The number of halogens is 3. The van der Waals surface area contributed by atoms with Crippen LogP contribution in [0.3, 0.4) is 0 Å². The van der Waals surface area contributed by atoms with Gasteiger partial charge >= 0.3 is 0 Å². The third-order valence-electron chi connectivity index (χ3n) is 6.76. The second-order valence-corrected chi connectivity index (χ2v) is 13.4. The first kappa shape index (κ1) is 32.9. The fourth-order valence-electron chi connectivity index (χ4n) is 4.21. The number of carbonyl (C=O) groups is 2. The van der Waals surface area contributed by atoms with E-state index in [1.165, 1.54) is 17.0 Å². The average Bonchev–Trinajstić information content (AvgIpc) is 2.93. The van der Waals surface area contributed by atoms with Gasteiger partial charge in [0.25, 0.3) is 10.0 Å². The summed E-state index contributed by atoms with van der Waals surface area (Å²) in [5, 5.41) is 3.62. The predicted octanol–water partition coefficient (Wildman–Crippen LogP) is 6.98. The van der Waals surface area contributed by atoms with E-state index in [9.17, 15) is 18.0 Å². The van der Waals surface area contributed by atoms with Gasteiger partial charge in [-0.15, -0.1) is 0 Å². The first-order chi connectivity index (χ1) is 19.4. The van der Waals surface area contributed by atoms with Crippen molar-refractivity contribution in [3.8, 4) is 0 Å². The first-order valence-corrected chi connectivity index (χ1v) is 16.3. The zero-order valence-corrected chi connectivity index (χ0v) is 27.3. The fraction of sp³-hybridized carbons (Fsp3) is 0.333. The smallest absolute Gasteiger partial charge is 0.264 e. The number of anilines is 1. The number of benzene rings is 3. The van der Waals surface area contributed by atoms with Crippen molar-refractivity contribution in [2.24, 2.45) is 0 Å². The zero-order valence-electron chi connectivity index (χ0n) is 23.4. The molecule has 41 heavy (non-hydrogen) atoms. The summed E-state index contributed by atoms with van der Waals surface area (Å²) in [5.74, 6) is -0.920. The van der Waals surface area contributed by atoms with E-state index in [1.807, 2.05) is 20.8 Å². The Kier molecular flexibility index (Phi) is 11.7. The van der Waals surface area contributed by atoms with Crippen LogP contribution in [0, 0.1) is 6.92 Å². The Labute approximate surface area is 261 Å². The number of aryl methyl sites for hydroxylation is 1. The standard InChI is InChI=1S/C30H34BrCl2N3O4S/c1-5-21(4)34-30(38)28(6-2)35(18-25-26(32)11-8-12-27(25)33)29(37)19-36(23-10-7-9-22(31)17-23)41(39,40)24-15-13-20(3)14-16-24/h7-17,21,28H,5-6,18-19H2,1-4H3,(H,34,38). The van der Waals surface area contributed by atoms with Crippen LogP contribution in [0.25, 0.3) is 0 Å². The van der Waals surface area contributed by atoms with Crippen molar-refractivity contribution in [2.75, 3.05) is 10.8 Å². The summed E-state index contributed by atoms with van der Waals surface area (Å²) in [6.07, 6.45) is 0.996. The molecule has 11 heteroatoms. The molecule has 0 aliphatic heterocycles. The normalized spacial score (nSPS) is 12.9. The van der Waals surface area contributed by atoms with Crippen molar-refractivity contribution in [1.29, 1.82) is 0 Å². The maximum atomic E-state index is 14.2. The Morgan fingerprint density at radius 3 is 2.12 bits per heavy atom. The quantitative estimate of drug-likeness (QED) is 0.223. The summed E-state index contributed by atoms with van der Waals surface area (Å²) >= 11 is 16.3. The lowest BCUT2D eigenvalue weighted by atomic mass is 10.1. The predicted molar refractivity (Wildman–Crippen MR) is 169 cm³/mol. The highest BCUT2D eigenvalue weighted by Crippen LogP contribution is 2.29. The minimum Gasteiger partial charge on any atom is -0.352 e. The van der Waals surface area contributed by atoms with E-state index in [2.05, 4.69) is 21.2 Å². The summed E-state index contributed by atoms with van der Waals surface area (Å²) < 4.78 is 29.6. The van der Waals surface area contributed by atoms with E-state index >= 15 is 0 Å². The van der Waals surface area contributed by atoms with Crippen LogP contribution in [0.4, 0.5) is 5.69 Å². The summed E-state index contributed by atoms with van der Waals surface area (Å²) in [5.41, 5.74) is 1.66. The van der Waals surface area contributed by atoms with Crippen molar-refractivity contribution in [1.82, 2.24) is 10.2 Å². The maximum absolute atomic E-state index is 14.2. The van der Waals surface area contributed by atoms with E-state index in [0.717, 1.165) is 9.87 Å². The average molecular weight is 683 g/mol. The van der Waals surface area contributed by atoms with Crippen LogP contribution in [-0.4, -0.2) is 43.8 Å². The molecule has 0 radical (unpaired) electrons. The highest BCUT2D eigenvalue weighted by atomic mass is 79.9. The molecule has 7 nitrogen and oxygen atoms in total. The summed E-state index contributed by atoms with van der Waals surface area (Å²) in [7, 11) is -4.17. The van der Waals surface area contributed by atoms with Gasteiger partial charge in [0, 0.05) is 32.7 Å². The molecular weight excluding hydrogens is 649 g/mol. The van der Waals surface area contributed by atoms with Gasteiger partial charge in [-0.25, -0.2) is 8.42 Å². The molecule has 0 spiro atoms. The van der Waals surface area contributed by atoms with E-state index < -0.39 is 28.5 Å². The van der Waals surface area contributed by atoms with Crippen molar-refractivity contribution in [3.05, 3.63) is 92.4 Å². The number of amides is 2. The van der Waals surface area contributed by atoms with Crippen molar-refractivity contribution in [2.45, 2.75) is 64.1 Å². The van der Waals surface area contributed by atoms with Gasteiger partial charge in [-0.3, -0.25) is 13.9 Å². The van der Waals surface area contributed by atoms with Gasteiger partial charge in [0.15, 0.2) is 0 Å². The molecule has 0 saturated carbocycles. The summed E-state index contributed by atoms with van der Waals surface area (Å²) in [4.78, 5) is 29.0. The molecule has 3 aromatic rings. The number of sulfonamides is 1. The third-order valence-corrected chi connectivity index (χ3v) is 9.75. The molecule has 0 heterocycles. The second-order valence-electron chi connectivity index (χ2n) is 9.77. The van der Waals surface area contributed by atoms with Crippen LogP contribution in [0.5, 0.6) is 0 Å². The number of hydrogen-bond acceptors (Lipinski definition) is 4. The van der Waals surface area contributed by atoms with Crippen LogP contribution in [0.1, 0.15) is 44.7 Å². The minimum absolute atomic E-state index is 0.0399. The number of carbonyl (C=O) groups excluding carboxylic acids is 2. The summed E-state index contributed by atoms with van der Waals surface area (Å²) in [6.45, 7) is 6.85. The molecule has 3 aromatic carbocycles. The van der Waals surface area contributed by atoms with E-state index in [1.54, 1.807) is 61.5 Å². The van der Waals surface area contributed by atoms with E-state index in [4.69, 9.17) is 23.2 Å². The molecule has 2 unspecified atom stereocenters. The Morgan fingerprint density at radius 2 is 1.56 bits per heavy atom. The molecule has 2 atom stereocenters. The zero-order chi connectivity index (χ0) is 30.3. The van der Waals surface area contributed by atoms with Gasteiger partial charge in [0.1, 0.15) is 12.6 Å². The molecule has 0 aliphatic carbocycles. The number of nitrogens with zero attached hydrogens (tertiary/aromatic N) is 2. The highest BCUT2D eigenvalue weighted by Gasteiger charge is 2.34. The first-order valence-electron chi connectivity index (χ1n) is 13.3. The lowest BCUT2D eigenvalue weighted by molar-refractivity contribution is -0.140. The largest absolute Gasteiger partial charge is 0.352 e. The molecule has 0 aromatic heterocycles. The van der Waals surface area contributed by atoms with Crippen LogP contribution in [-0.2, 0) is 26.2 Å². The van der Waals surface area contributed by atoms with Crippen LogP contribution < -0.4 is 9.62 Å². The third kappa shape index (κ3) is 8.25. The molecule has 0 fully saturated rings. The molecule has 220 valence electrons. The monoisotopic (exact) mass is 681 g/mol. The van der Waals surface area contributed by atoms with Crippen LogP contribution in [0.2, 0.25) is 10.0 Å². The second kappa shape index (κ2) is 14.5. The van der Waals surface area contributed by atoms with Crippen LogP contribution in [0.15, 0.2) is 76.1 Å². The SMILES string of the molecule is CCC(C)NC(=O)C(CC)N(Cc1c(Cl)cccc1Cl)C(=O)CN(c1cccc(Br)c1)S(=O)(=O)c1ccc(C)cc1. The van der Waals surface area contributed by atoms with Crippen molar-refractivity contribution in [3.63, 3.8) is 0 Å². The molecular formula is C30H34BrCl2N3O4S.